The molecule has 1 aliphatic rings. The number of hydrogen-bond donors (Lipinski definition) is 4. The molecule has 0 aliphatic heterocycles. The van der Waals surface area contributed by atoms with Gasteiger partial charge in [-0.2, -0.15) is 13.2 Å². The van der Waals surface area contributed by atoms with Gasteiger partial charge in [0.15, 0.2) is 0 Å². The minimum atomic E-state index is -4.93. The van der Waals surface area contributed by atoms with Crippen LogP contribution in [0.1, 0.15) is 36.0 Å². The van der Waals surface area contributed by atoms with Crippen molar-refractivity contribution in [2.24, 2.45) is 16.6 Å². The Morgan fingerprint density at radius 3 is 2.18 bits per heavy atom. The summed E-state index contributed by atoms with van der Waals surface area (Å²) in [5.74, 6) is -2.11. The van der Waals surface area contributed by atoms with Gasteiger partial charge in [0.1, 0.15) is 11.4 Å². The highest BCUT2D eigenvalue weighted by molar-refractivity contribution is 6.13. The number of carbonyl (C=O) groups excluding carboxylic acids is 2. The zero-order valence-electron chi connectivity index (χ0n) is 20.9. The lowest BCUT2D eigenvalue weighted by Crippen LogP contribution is -2.37. The number of nitrogens with two attached hydrogens (primary N) is 1. The van der Waals surface area contributed by atoms with Crippen molar-refractivity contribution in [1.29, 1.82) is 0 Å². The number of amides is 2. The molecule has 39 heavy (non-hydrogen) atoms. The summed E-state index contributed by atoms with van der Waals surface area (Å²) in [6, 6.07) is 14.5. The number of aliphatic imine (C=N–C) groups is 1. The lowest BCUT2D eigenvalue weighted by atomic mass is 9.87. The number of nitrogens with zero attached hydrogens (tertiary/aromatic N) is 1. The molecule has 208 valence electrons. The first-order valence-corrected chi connectivity index (χ1v) is 12.3. The molecule has 2 aromatic carbocycles. The molecule has 12 heteroatoms. The molecule has 0 saturated heterocycles. The molecular weight excluding hydrogens is 517 g/mol. The Labute approximate surface area is 222 Å². The van der Waals surface area contributed by atoms with Gasteiger partial charge in [0.25, 0.3) is 11.8 Å². The lowest BCUT2D eigenvalue weighted by molar-refractivity contribution is -0.143. The van der Waals surface area contributed by atoms with Crippen molar-refractivity contribution in [3.05, 3.63) is 71.4 Å². The molecule has 1 saturated carbocycles. The van der Waals surface area contributed by atoms with Gasteiger partial charge in [0.2, 0.25) is 0 Å². The van der Waals surface area contributed by atoms with E-state index in [1.807, 2.05) is 0 Å². The van der Waals surface area contributed by atoms with Gasteiger partial charge in [0, 0.05) is 24.9 Å². The Balaban J connectivity index is 1.48. The summed E-state index contributed by atoms with van der Waals surface area (Å²) in [6.45, 7) is -0.205. The molecule has 0 radical (unpaired) electrons. The lowest BCUT2D eigenvalue weighted by Gasteiger charge is -2.26. The van der Waals surface area contributed by atoms with Crippen LogP contribution in [-0.4, -0.2) is 54.5 Å². The molecule has 0 heterocycles. The average Bonchev–Trinajstić information content (AvgIpc) is 2.91. The van der Waals surface area contributed by atoms with Gasteiger partial charge in [-0.25, -0.2) is 0 Å². The van der Waals surface area contributed by atoms with E-state index >= 15 is 0 Å². The summed E-state index contributed by atoms with van der Waals surface area (Å²) in [5.41, 5.74) is 3.41. The molecule has 0 spiro atoms. The minimum Gasteiger partial charge on any atom is -0.490 e. The first-order chi connectivity index (χ1) is 18.5. The Hall–Kier alpha value is -4.35. The normalized spacial score (nSPS) is 18.2. The summed E-state index contributed by atoms with van der Waals surface area (Å²) in [6.07, 6.45) is -1.89. The number of carbonyl (C=O) groups is 3. The average molecular weight is 547 g/mol. The second-order valence-corrected chi connectivity index (χ2v) is 8.88. The fourth-order valence-corrected chi connectivity index (χ4v) is 3.91. The van der Waals surface area contributed by atoms with Gasteiger partial charge in [-0.1, -0.05) is 18.2 Å². The van der Waals surface area contributed by atoms with Crippen LogP contribution in [0.5, 0.6) is 5.75 Å². The fourth-order valence-electron chi connectivity index (χ4n) is 3.91. The van der Waals surface area contributed by atoms with Crippen molar-refractivity contribution in [2.45, 2.75) is 38.0 Å². The Morgan fingerprint density at radius 2 is 1.59 bits per heavy atom. The quantitative estimate of drug-likeness (QED) is 0.203. The highest BCUT2D eigenvalue weighted by Gasteiger charge is 2.35. The first-order valence-electron chi connectivity index (χ1n) is 12.3. The molecule has 9 nitrogen and oxygen atoms in total. The van der Waals surface area contributed by atoms with Crippen LogP contribution in [0.15, 0.2) is 70.9 Å². The molecule has 0 bridgehead atoms. The van der Waals surface area contributed by atoms with Crippen LogP contribution < -0.4 is 21.1 Å². The van der Waals surface area contributed by atoms with Crippen molar-refractivity contribution in [3.63, 3.8) is 0 Å². The largest absolute Gasteiger partial charge is 0.490 e. The predicted molar refractivity (Wildman–Crippen MR) is 138 cm³/mol. The zero-order valence-corrected chi connectivity index (χ0v) is 20.9. The molecular formula is C27H29F3N4O5. The third kappa shape index (κ3) is 8.87. The third-order valence-corrected chi connectivity index (χ3v) is 6.08. The molecule has 3 rings (SSSR count). The number of nitrogens with one attached hydrogen (secondary N) is 2. The summed E-state index contributed by atoms with van der Waals surface area (Å²) >= 11 is 0. The van der Waals surface area contributed by atoms with Crippen LogP contribution in [0.25, 0.3) is 0 Å². The van der Waals surface area contributed by atoms with Gasteiger partial charge in [-0.15, -0.1) is 0 Å². The van der Waals surface area contributed by atoms with Crippen LogP contribution in [0.4, 0.5) is 18.9 Å². The summed E-state index contributed by atoms with van der Waals surface area (Å²) in [7, 11) is 0. The fraction of sp³-hybridized carbons (Fsp3) is 0.333. The monoisotopic (exact) mass is 546 g/mol. The number of hydrogen-bond acceptors (Lipinski definition) is 6. The molecule has 0 atom stereocenters. The topological polar surface area (TPSA) is 143 Å². The highest BCUT2D eigenvalue weighted by Crippen LogP contribution is 2.28. The number of para-hydroxylation sites is 1. The van der Waals surface area contributed by atoms with E-state index in [2.05, 4.69) is 15.6 Å². The second-order valence-electron chi connectivity index (χ2n) is 8.88. The van der Waals surface area contributed by atoms with Crippen molar-refractivity contribution >= 4 is 29.7 Å². The smallest absolute Gasteiger partial charge is 0.431 e. The van der Waals surface area contributed by atoms with E-state index in [1.54, 1.807) is 54.6 Å². The van der Waals surface area contributed by atoms with Crippen LogP contribution in [0, 0.1) is 5.92 Å². The number of aliphatic carboxylic acids is 1. The number of benzene rings is 2. The van der Waals surface area contributed by atoms with Crippen molar-refractivity contribution in [1.82, 2.24) is 10.6 Å². The standard InChI is InChI=1S/C27H29F3N4O5/c28-27(29,30)23(31)22(16-34-19-4-2-1-3-5-19)25(36)33-15-14-32-24(35)17-6-10-20(11-7-17)39-21-12-8-18(9-13-21)26(37)38/h1-7,10-11,16,18,21H,8-9,12-15,31H2,(H,32,35)(H,33,36)(H,37,38). The maximum Gasteiger partial charge on any atom is 0.431 e. The molecule has 2 aromatic rings. The Morgan fingerprint density at radius 1 is 0.974 bits per heavy atom. The summed E-state index contributed by atoms with van der Waals surface area (Å²) in [4.78, 5) is 39.8. The number of ether oxygens (including phenoxy) is 1. The first kappa shape index (κ1) is 29.2. The number of rotatable bonds is 10. The molecule has 2 amide bonds. The van der Waals surface area contributed by atoms with Gasteiger partial charge in [-0.05, 0) is 62.1 Å². The Kier molecular flexibility index (Phi) is 10.1. The number of halogens is 3. The maximum atomic E-state index is 13.2. The zero-order chi connectivity index (χ0) is 28.4. The molecule has 0 aromatic heterocycles. The molecule has 1 fully saturated rings. The van der Waals surface area contributed by atoms with Crippen LogP contribution in [0.2, 0.25) is 0 Å². The van der Waals surface area contributed by atoms with E-state index in [0.29, 0.717) is 42.7 Å². The summed E-state index contributed by atoms with van der Waals surface area (Å²) < 4.78 is 45.4. The third-order valence-electron chi connectivity index (χ3n) is 6.08. The van der Waals surface area contributed by atoms with E-state index in [9.17, 15) is 27.6 Å². The summed E-state index contributed by atoms with van der Waals surface area (Å²) in [5, 5.41) is 14.0. The predicted octanol–water partition coefficient (Wildman–Crippen LogP) is 3.73. The number of alkyl halides is 3. The number of allylic oxidation sites excluding steroid dienone is 1. The minimum absolute atomic E-state index is 0.0509. The molecule has 1 aliphatic carbocycles. The SMILES string of the molecule is NC(=C(C=Nc1ccccc1)C(=O)NCCNC(=O)c1ccc(OC2CCC(C(=O)O)CC2)cc1)C(F)(F)F. The second kappa shape index (κ2) is 13.4. The Bertz CT molecular complexity index is 1210. The van der Waals surface area contributed by atoms with Gasteiger partial charge < -0.3 is 26.2 Å². The van der Waals surface area contributed by atoms with E-state index in [0.717, 1.165) is 6.21 Å². The molecule has 0 unspecified atom stereocenters. The number of carboxylic acid groups (broad SMARTS) is 1. The van der Waals surface area contributed by atoms with E-state index in [1.165, 1.54) is 0 Å². The maximum absolute atomic E-state index is 13.2. The molecule has 5 N–H and O–H groups in total. The number of carboxylic acids is 1. The van der Waals surface area contributed by atoms with Crippen molar-refractivity contribution in [3.8, 4) is 5.75 Å². The van der Waals surface area contributed by atoms with Crippen molar-refractivity contribution < 1.29 is 37.4 Å². The van der Waals surface area contributed by atoms with E-state index < -0.39 is 35.2 Å². The van der Waals surface area contributed by atoms with Crippen LogP contribution in [0.3, 0.4) is 0 Å². The van der Waals surface area contributed by atoms with E-state index in [4.69, 9.17) is 15.6 Å². The van der Waals surface area contributed by atoms with Crippen molar-refractivity contribution in [2.75, 3.05) is 13.1 Å². The van der Waals surface area contributed by atoms with Crippen LogP contribution in [-0.2, 0) is 9.59 Å². The van der Waals surface area contributed by atoms with E-state index in [-0.39, 0.29) is 25.1 Å². The van der Waals surface area contributed by atoms with Gasteiger partial charge in [-0.3, -0.25) is 19.4 Å². The van der Waals surface area contributed by atoms with Gasteiger partial charge in [0.05, 0.1) is 23.3 Å². The van der Waals surface area contributed by atoms with Crippen LogP contribution >= 0.6 is 0 Å². The highest BCUT2D eigenvalue weighted by atomic mass is 19.4. The van der Waals surface area contributed by atoms with Gasteiger partial charge >= 0.3 is 12.1 Å².